The van der Waals surface area contributed by atoms with Crippen LogP contribution in [0.25, 0.3) is 10.6 Å². The molecule has 2 fully saturated rings. The van der Waals surface area contributed by atoms with Crippen molar-refractivity contribution in [2.45, 2.75) is 71.0 Å². The van der Waals surface area contributed by atoms with Crippen LogP contribution in [-0.4, -0.2) is 35.7 Å². The average molecular weight is 463 g/mol. The molecular formula is C24H31ClN2O3S. The molecule has 0 unspecified atom stereocenters. The Morgan fingerprint density at radius 3 is 2.65 bits per heavy atom. The van der Waals surface area contributed by atoms with E-state index in [9.17, 15) is 4.79 Å². The van der Waals surface area contributed by atoms with Crippen LogP contribution < -0.4 is 4.74 Å². The number of amides is 1. The van der Waals surface area contributed by atoms with Gasteiger partial charge >= 0.3 is 6.09 Å². The monoisotopic (exact) mass is 462 g/mol. The summed E-state index contributed by atoms with van der Waals surface area (Å²) in [7, 11) is 1.80. The number of rotatable bonds is 7. The van der Waals surface area contributed by atoms with Gasteiger partial charge in [0.2, 0.25) is 0 Å². The smallest absolute Gasteiger partial charge is 0.409 e. The Morgan fingerprint density at radius 2 is 1.97 bits per heavy atom. The molecular weight excluding hydrogens is 432 g/mol. The van der Waals surface area contributed by atoms with Crippen LogP contribution in [-0.2, 0) is 11.3 Å². The SMILES string of the molecule is Cc1nc(-c2sc(Cl)cc2COC(=O)N(C)CC2CCC2)ccc1OC1CCCCC1. The first-order valence-electron chi connectivity index (χ1n) is 11.3. The van der Waals surface area contributed by atoms with Crippen molar-refractivity contribution in [1.82, 2.24) is 9.88 Å². The maximum atomic E-state index is 12.4. The van der Waals surface area contributed by atoms with Crippen molar-refractivity contribution < 1.29 is 14.3 Å². The molecule has 0 bridgehead atoms. The molecule has 2 aromatic rings. The summed E-state index contributed by atoms with van der Waals surface area (Å²) in [6.45, 7) is 2.93. The summed E-state index contributed by atoms with van der Waals surface area (Å²) in [6.07, 6.45) is 9.69. The van der Waals surface area contributed by atoms with Crippen molar-refractivity contribution in [3.8, 4) is 16.3 Å². The van der Waals surface area contributed by atoms with E-state index in [4.69, 9.17) is 26.1 Å². The molecule has 0 atom stereocenters. The third-order valence-electron chi connectivity index (χ3n) is 6.31. The molecule has 31 heavy (non-hydrogen) atoms. The molecule has 4 rings (SSSR count). The maximum absolute atomic E-state index is 12.4. The van der Waals surface area contributed by atoms with E-state index in [0.717, 1.165) is 47.0 Å². The van der Waals surface area contributed by atoms with Crippen LogP contribution in [0.5, 0.6) is 5.75 Å². The van der Waals surface area contributed by atoms with Gasteiger partial charge in [-0.25, -0.2) is 9.78 Å². The highest BCUT2D eigenvalue weighted by atomic mass is 35.5. The average Bonchev–Trinajstić information content (AvgIpc) is 3.11. The fourth-order valence-electron chi connectivity index (χ4n) is 4.27. The van der Waals surface area contributed by atoms with Crippen LogP contribution in [0.2, 0.25) is 4.34 Å². The van der Waals surface area contributed by atoms with Gasteiger partial charge in [-0.3, -0.25) is 0 Å². The molecule has 0 radical (unpaired) electrons. The van der Waals surface area contributed by atoms with E-state index in [2.05, 4.69) is 0 Å². The minimum absolute atomic E-state index is 0.188. The summed E-state index contributed by atoms with van der Waals surface area (Å²) in [5.74, 6) is 1.47. The third kappa shape index (κ3) is 5.72. The number of pyridine rings is 1. The molecule has 0 saturated heterocycles. The van der Waals surface area contributed by atoms with Crippen molar-refractivity contribution in [1.29, 1.82) is 0 Å². The number of thiophene rings is 1. The zero-order chi connectivity index (χ0) is 21.8. The predicted octanol–water partition coefficient (Wildman–Crippen LogP) is 6.85. The Bertz CT molecular complexity index is 906. The Labute approximate surface area is 193 Å². The topological polar surface area (TPSA) is 51.7 Å². The third-order valence-corrected chi connectivity index (χ3v) is 7.64. The molecule has 168 valence electrons. The molecule has 5 nitrogen and oxygen atoms in total. The molecule has 2 saturated carbocycles. The van der Waals surface area contributed by atoms with Crippen molar-refractivity contribution in [3.63, 3.8) is 0 Å². The van der Waals surface area contributed by atoms with Crippen LogP contribution in [0, 0.1) is 12.8 Å². The minimum Gasteiger partial charge on any atom is -0.489 e. The van der Waals surface area contributed by atoms with E-state index < -0.39 is 0 Å². The fourth-order valence-corrected chi connectivity index (χ4v) is 5.49. The predicted molar refractivity (Wildman–Crippen MR) is 125 cm³/mol. The molecule has 0 aliphatic heterocycles. The lowest BCUT2D eigenvalue weighted by Crippen LogP contribution is -2.34. The molecule has 7 heteroatoms. The van der Waals surface area contributed by atoms with Crippen LogP contribution in [0.3, 0.4) is 0 Å². The number of aryl methyl sites for hydroxylation is 1. The highest BCUT2D eigenvalue weighted by molar-refractivity contribution is 7.19. The van der Waals surface area contributed by atoms with Gasteiger partial charge in [-0.1, -0.05) is 24.4 Å². The summed E-state index contributed by atoms with van der Waals surface area (Å²) in [5, 5.41) is 0. The normalized spacial score (nSPS) is 17.3. The second-order valence-corrected chi connectivity index (χ2v) is 10.5. The molecule has 2 aliphatic carbocycles. The van der Waals surface area contributed by atoms with E-state index in [0.29, 0.717) is 16.4 Å². The van der Waals surface area contributed by atoms with Gasteiger partial charge in [-0.2, -0.15) is 0 Å². The van der Waals surface area contributed by atoms with E-state index >= 15 is 0 Å². The number of halogens is 1. The van der Waals surface area contributed by atoms with Crippen LogP contribution in [0.1, 0.15) is 62.6 Å². The van der Waals surface area contributed by atoms with Gasteiger partial charge in [0.15, 0.2) is 0 Å². The first-order valence-corrected chi connectivity index (χ1v) is 12.5. The Kier molecular flexibility index (Phi) is 7.39. The summed E-state index contributed by atoms with van der Waals surface area (Å²) >= 11 is 7.76. The lowest BCUT2D eigenvalue weighted by molar-refractivity contribution is 0.0933. The summed E-state index contributed by atoms with van der Waals surface area (Å²) in [5.41, 5.74) is 2.59. The highest BCUT2D eigenvalue weighted by Crippen LogP contribution is 2.37. The van der Waals surface area contributed by atoms with E-state index in [-0.39, 0.29) is 12.7 Å². The minimum atomic E-state index is -0.291. The first kappa shape index (κ1) is 22.4. The van der Waals surface area contributed by atoms with Crippen LogP contribution >= 0.6 is 22.9 Å². The Hall–Kier alpha value is -1.79. The first-order chi connectivity index (χ1) is 15.0. The molecule has 0 spiro atoms. The molecule has 2 aromatic heterocycles. The molecule has 2 heterocycles. The van der Waals surface area contributed by atoms with Gasteiger partial charge < -0.3 is 14.4 Å². The van der Waals surface area contributed by atoms with Gasteiger partial charge in [0.1, 0.15) is 12.4 Å². The van der Waals surface area contributed by atoms with Gasteiger partial charge in [0, 0.05) is 19.2 Å². The van der Waals surface area contributed by atoms with Crippen LogP contribution in [0.4, 0.5) is 4.79 Å². The number of nitrogens with zero attached hydrogens (tertiary/aromatic N) is 2. The quantitative estimate of drug-likeness (QED) is 0.451. The largest absolute Gasteiger partial charge is 0.489 e. The van der Waals surface area contributed by atoms with E-state index in [1.54, 1.807) is 11.9 Å². The number of hydrogen-bond donors (Lipinski definition) is 0. The van der Waals surface area contributed by atoms with Gasteiger partial charge in [0.25, 0.3) is 0 Å². The maximum Gasteiger partial charge on any atom is 0.409 e. The molecule has 0 N–H and O–H groups in total. The lowest BCUT2D eigenvalue weighted by atomic mass is 9.85. The summed E-state index contributed by atoms with van der Waals surface area (Å²) in [6, 6.07) is 5.84. The van der Waals surface area contributed by atoms with Gasteiger partial charge in [0.05, 0.1) is 26.7 Å². The summed E-state index contributed by atoms with van der Waals surface area (Å²) < 4.78 is 12.4. The number of hydrogen-bond acceptors (Lipinski definition) is 5. The number of ether oxygens (including phenoxy) is 2. The standard InChI is InChI=1S/C24H31ClN2O3S/c1-16-21(30-19-9-4-3-5-10-19)12-11-20(26-16)23-18(13-22(25)31-23)15-29-24(28)27(2)14-17-7-6-8-17/h11-13,17,19H,3-10,14-15H2,1-2H3. The zero-order valence-corrected chi connectivity index (χ0v) is 19.9. The van der Waals surface area contributed by atoms with Crippen molar-refractivity contribution in [2.75, 3.05) is 13.6 Å². The second kappa shape index (κ2) is 10.2. The van der Waals surface area contributed by atoms with Gasteiger partial charge in [-0.15, -0.1) is 11.3 Å². The number of aromatic nitrogens is 1. The molecule has 2 aliphatic rings. The number of carbonyl (C=O) groups excluding carboxylic acids is 1. The van der Waals surface area contributed by atoms with Crippen molar-refractivity contribution >= 4 is 29.0 Å². The lowest BCUT2D eigenvalue weighted by Gasteiger charge is -2.29. The van der Waals surface area contributed by atoms with E-state index in [1.807, 2.05) is 25.1 Å². The Morgan fingerprint density at radius 1 is 1.19 bits per heavy atom. The molecule has 0 aromatic carbocycles. The molecule has 1 amide bonds. The zero-order valence-electron chi connectivity index (χ0n) is 18.4. The summed E-state index contributed by atoms with van der Waals surface area (Å²) in [4.78, 5) is 19.8. The number of carbonyl (C=O) groups is 1. The van der Waals surface area contributed by atoms with Crippen LogP contribution in [0.15, 0.2) is 18.2 Å². The van der Waals surface area contributed by atoms with Crippen molar-refractivity contribution in [3.05, 3.63) is 33.8 Å². The Balaban J connectivity index is 1.41. The van der Waals surface area contributed by atoms with Crippen molar-refractivity contribution in [2.24, 2.45) is 5.92 Å². The van der Waals surface area contributed by atoms with E-state index in [1.165, 1.54) is 49.9 Å². The fraction of sp³-hybridized carbons (Fsp3) is 0.583. The van der Waals surface area contributed by atoms with Gasteiger partial charge in [-0.05, 0) is 69.6 Å². The highest BCUT2D eigenvalue weighted by Gasteiger charge is 2.23. The second-order valence-electron chi connectivity index (χ2n) is 8.79.